The van der Waals surface area contributed by atoms with E-state index in [-0.39, 0.29) is 0 Å². The molecule has 0 saturated heterocycles. The molecule has 108 valence electrons. The summed E-state index contributed by atoms with van der Waals surface area (Å²) in [6.45, 7) is 2.54. The molecule has 1 aromatic rings. The second kappa shape index (κ2) is 12.5. The van der Waals surface area contributed by atoms with E-state index in [4.69, 9.17) is 9.47 Å². The van der Waals surface area contributed by atoms with Crippen LogP contribution in [0.1, 0.15) is 38.5 Å². The molecule has 0 aliphatic heterocycles. The van der Waals surface area contributed by atoms with E-state index < -0.39 is 0 Å². The lowest BCUT2D eigenvalue weighted by Gasteiger charge is -2.06. The zero-order valence-electron chi connectivity index (χ0n) is 11.7. The van der Waals surface area contributed by atoms with Gasteiger partial charge in [-0.2, -0.15) is 0 Å². The lowest BCUT2D eigenvalue weighted by molar-refractivity contribution is 0.122. The summed E-state index contributed by atoms with van der Waals surface area (Å²) in [4.78, 5) is 0. The second-order valence-corrected chi connectivity index (χ2v) is 5.38. The van der Waals surface area contributed by atoms with Crippen LogP contribution in [-0.4, -0.2) is 25.2 Å². The Labute approximate surface area is 125 Å². The van der Waals surface area contributed by atoms with Gasteiger partial charge < -0.3 is 9.47 Å². The minimum atomic E-state index is 0.776. The molecule has 0 amide bonds. The van der Waals surface area contributed by atoms with E-state index >= 15 is 0 Å². The Morgan fingerprint density at radius 1 is 0.737 bits per heavy atom. The van der Waals surface area contributed by atoms with Crippen molar-refractivity contribution in [1.82, 2.24) is 0 Å². The summed E-state index contributed by atoms with van der Waals surface area (Å²) in [5.41, 5.74) is 0. The van der Waals surface area contributed by atoms with Crippen molar-refractivity contribution in [2.45, 2.75) is 38.5 Å². The van der Waals surface area contributed by atoms with Crippen molar-refractivity contribution < 1.29 is 9.47 Å². The molecule has 0 N–H and O–H groups in total. The number of unbranched alkanes of at least 4 members (excludes halogenated alkanes) is 4. The van der Waals surface area contributed by atoms with Gasteiger partial charge in [0.2, 0.25) is 0 Å². The predicted octanol–water partition coefficient (Wildman–Crippen LogP) is 4.82. The largest absolute Gasteiger partial charge is 0.494 e. The van der Waals surface area contributed by atoms with Crippen LogP contribution in [-0.2, 0) is 4.74 Å². The Morgan fingerprint density at radius 2 is 1.37 bits per heavy atom. The van der Waals surface area contributed by atoms with Crippen LogP contribution in [0.4, 0.5) is 0 Å². The van der Waals surface area contributed by atoms with Gasteiger partial charge >= 0.3 is 0 Å². The highest BCUT2D eigenvalue weighted by Gasteiger charge is 1.94. The van der Waals surface area contributed by atoms with Gasteiger partial charge in [0.25, 0.3) is 0 Å². The van der Waals surface area contributed by atoms with Crippen LogP contribution in [0.2, 0.25) is 0 Å². The molecule has 0 aliphatic carbocycles. The van der Waals surface area contributed by atoms with E-state index in [1.54, 1.807) is 0 Å². The van der Waals surface area contributed by atoms with Gasteiger partial charge in [0.05, 0.1) is 6.61 Å². The number of rotatable bonds is 12. The van der Waals surface area contributed by atoms with Crippen LogP contribution in [0.3, 0.4) is 0 Å². The summed E-state index contributed by atoms with van der Waals surface area (Å²) >= 11 is 3.44. The molecule has 2 nitrogen and oxygen atoms in total. The number of para-hydroxylation sites is 1. The standard InChI is InChI=1S/C16H25BrO2/c17-12-6-1-2-7-13-18-14-8-9-15-19-16-10-4-3-5-11-16/h3-5,10-11H,1-2,6-9,12-15H2. The van der Waals surface area contributed by atoms with Crippen molar-refractivity contribution >= 4 is 15.9 Å². The van der Waals surface area contributed by atoms with E-state index in [2.05, 4.69) is 15.9 Å². The summed E-state index contributed by atoms with van der Waals surface area (Å²) in [7, 11) is 0. The normalized spacial score (nSPS) is 10.6. The van der Waals surface area contributed by atoms with Gasteiger partial charge in [-0.1, -0.05) is 47.0 Å². The smallest absolute Gasteiger partial charge is 0.119 e. The number of ether oxygens (including phenoxy) is 2. The maximum Gasteiger partial charge on any atom is 0.119 e. The lowest BCUT2D eigenvalue weighted by atomic mass is 10.2. The first-order valence-corrected chi connectivity index (χ1v) is 8.37. The van der Waals surface area contributed by atoms with Crippen LogP contribution in [0, 0.1) is 0 Å². The molecule has 0 atom stereocenters. The average Bonchev–Trinajstić information content (AvgIpc) is 2.46. The number of hydrogen-bond acceptors (Lipinski definition) is 2. The summed E-state index contributed by atoms with van der Waals surface area (Å²) in [5, 5.41) is 1.12. The Hall–Kier alpha value is -0.540. The van der Waals surface area contributed by atoms with Crippen LogP contribution in [0.25, 0.3) is 0 Å². The maximum absolute atomic E-state index is 5.62. The molecule has 0 radical (unpaired) electrons. The Kier molecular flexibility index (Phi) is 10.9. The fraction of sp³-hybridized carbons (Fsp3) is 0.625. The quantitative estimate of drug-likeness (QED) is 0.404. The van der Waals surface area contributed by atoms with Crippen LogP contribution in [0.5, 0.6) is 5.75 Å². The highest BCUT2D eigenvalue weighted by Crippen LogP contribution is 2.08. The molecule has 1 aromatic carbocycles. The fourth-order valence-electron chi connectivity index (χ4n) is 1.77. The molecule has 0 bridgehead atoms. The Morgan fingerprint density at radius 3 is 2.11 bits per heavy atom. The maximum atomic E-state index is 5.62. The van der Waals surface area contributed by atoms with Gasteiger partial charge in [-0.25, -0.2) is 0 Å². The van der Waals surface area contributed by atoms with Gasteiger partial charge in [0.1, 0.15) is 5.75 Å². The summed E-state index contributed by atoms with van der Waals surface area (Å²) in [6, 6.07) is 9.97. The Balaban J connectivity index is 1.79. The van der Waals surface area contributed by atoms with E-state index in [0.717, 1.165) is 43.7 Å². The van der Waals surface area contributed by atoms with Crippen molar-refractivity contribution in [3.63, 3.8) is 0 Å². The van der Waals surface area contributed by atoms with Gasteiger partial charge in [-0.05, 0) is 37.8 Å². The van der Waals surface area contributed by atoms with Crippen molar-refractivity contribution in [3.05, 3.63) is 30.3 Å². The molecule has 0 fully saturated rings. The molecule has 0 saturated carbocycles. The van der Waals surface area contributed by atoms with Gasteiger partial charge in [-0.3, -0.25) is 0 Å². The number of alkyl halides is 1. The molecule has 19 heavy (non-hydrogen) atoms. The first-order valence-electron chi connectivity index (χ1n) is 7.25. The molecule has 0 aliphatic rings. The highest BCUT2D eigenvalue weighted by molar-refractivity contribution is 9.09. The van der Waals surface area contributed by atoms with E-state index in [0.29, 0.717) is 0 Å². The average molecular weight is 329 g/mol. The molecular formula is C16H25BrO2. The van der Waals surface area contributed by atoms with Gasteiger partial charge in [0, 0.05) is 18.5 Å². The Bertz CT molecular complexity index is 290. The third-order valence-electron chi connectivity index (χ3n) is 2.87. The summed E-state index contributed by atoms with van der Waals surface area (Å²) in [6.07, 6.45) is 7.18. The monoisotopic (exact) mass is 328 g/mol. The number of halogens is 1. The van der Waals surface area contributed by atoms with Crippen molar-refractivity contribution in [2.75, 3.05) is 25.2 Å². The summed E-state index contributed by atoms with van der Waals surface area (Å²) < 4.78 is 11.2. The SMILES string of the molecule is BrCCCCCCOCCCCOc1ccccc1. The first kappa shape index (κ1) is 16.5. The lowest BCUT2D eigenvalue weighted by Crippen LogP contribution is -2.01. The first-order chi connectivity index (χ1) is 9.43. The van der Waals surface area contributed by atoms with Crippen molar-refractivity contribution in [3.8, 4) is 5.75 Å². The van der Waals surface area contributed by atoms with Crippen LogP contribution in [0.15, 0.2) is 30.3 Å². The minimum absolute atomic E-state index is 0.776. The number of hydrogen-bond donors (Lipinski definition) is 0. The van der Waals surface area contributed by atoms with E-state index in [1.807, 2.05) is 30.3 Å². The minimum Gasteiger partial charge on any atom is -0.494 e. The zero-order chi connectivity index (χ0) is 13.6. The highest BCUT2D eigenvalue weighted by atomic mass is 79.9. The molecule has 0 unspecified atom stereocenters. The zero-order valence-corrected chi connectivity index (χ0v) is 13.2. The van der Waals surface area contributed by atoms with Crippen molar-refractivity contribution in [2.24, 2.45) is 0 Å². The third kappa shape index (κ3) is 9.97. The van der Waals surface area contributed by atoms with Crippen molar-refractivity contribution in [1.29, 1.82) is 0 Å². The molecule has 0 heterocycles. The summed E-state index contributed by atoms with van der Waals surface area (Å²) in [5.74, 6) is 0.954. The molecule has 0 aromatic heterocycles. The fourth-order valence-corrected chi connectivity index (χ4v) is 2.16. The van der Waals surface area contributed by atoms with E-state index in [9.17, 15) is 0 Å². The van der Waals surface area contributed by atoms with Gasteiger partial charge in [0.15, 0.2) is 0 Å². The van der Waals surface area contributed by atoms with Crippen LogP contribution < -0.4 is 4.74 Å². The molecular weight excluding hydrogens is 304 g/mol. The van der Waals surface area contributed by atoms with Gasteiger partial charge in [-0.15, -0.1) is 0 Å². The topological polar surface area (TPSA) is 18.5 Å². The molecule has 0 spiro atoms. The number of benzene rings is 1. The molecule has 3 heteroatoms. The molecule has 1 rings (SSSR count). The van der Waals surface area contributed by atoms with Crippen LogP contribution >= 0.6 is 15.9 Å². The second-order valence-electron chi connectivity index (χ2n) is 4.58. The van der Waals surface area contributed by atoms with E-state index in [1.165, 1.54) is 25.7 Å². The third-order valence-corrected chi connectivity index (χ3v) is 3.43. The predicted molar refractivity (Wildman–Crippen MR) is 84.3 cm³/mol.